The van der Waals surface area contributed by atoms with E-state index in [1.54, 1.807) is 6.08 Å². The summed E-state index contributed by atoms with van der Waals surface area (Å²) in [5.41, 5.74) is 22.8. The van der Waals surface area contributed by atoms with Crippen molar-refractivity contribution in [2.45, 2.75) is 135 Å². The minimum Gasteiger partial charge on any atom is -0.490 e. The lowest BCUT2D eigenvalue weighted by molar-refractivity contribution is 0.163. The largest absolute Gasteiger partial charge is 0.490 e. The lowest BCUT2D eigenvalue weighted by atomic mass is 10.1. The van der Waals surface area contributed by atoms with Crippen LogP contribution in [0.3, 0.4) is 0 Å². The van der Waals surface area contributed by atoms with Crippen LogP contribution in [0.5, 0.6) is 0 Å². The first-order valence-corrected chi connectivity index (χ1v) is 20.3. The molecule has 0 aliphatic carbocycles. The highest BCUT2D eigenvalue weighted by molar-refractivity contribution is 5.23. The van der Waals surface area contributed by atoms with E-state index in [4.69, 9.17) is 32.4 Å². The molecule has 0 aliphatic rings. The minimum absolute atomic E-state index is 0.704. The highest BCUT2D eigenvalue weighted by atomic mass is 16.5. The molecular weight excluding hydrogens is 608 g/mol. The normalized spacial score (nSPS) is 12.3. The number of ether oxygens (including phenoxy) is 2. The monoisotopic (exact) mass is 691 g/mol. The van der Waals surface area contributed by atoms with Crippen molar-refractivity contribution < 1.29 is 9.47 Å². The molecule has 0 atom stereocenters. The lowest BCUT2D eigenvalue weighted by Crippen LogP contribution is -2.34. The Labute approximate surface area is 304 Å². The second-order valence-electron chi connectivity index (χ2n) is 13.5. The Morgan fingerprint density at radius 3 is 1.08 bits per heavy atom. The fourth-order valence-electron chi connectivity index (χ4n) is 6.17. The van der Waals surface area contributed by atoms with Crippen molar-refractivity contribution in [2.24, 2.45) is 22.9 Å². The highest BCUT2D eigenvalue weighted by Gasteiger charge is 2.06. The number of nitrogens with zero attached hydrogens (tertiary/aromatic N) is 2. The second kappa shape index (κ2) is 39.1. The van der Waals surface area contributed by atoms with E-state index in [1.165, 1.54) is 116 Å². The average Bonchev–Trinajstić information content (AvgIpc) is 3.10. The van der Waals surface area contributed by atoms with Gasteiger partial charge in [-0.2, -0.15) is 0 Å². The van der Waals surface area contributed by atoms with Crippen LogP contribution < -0.4 is 22.9 Å². The number of hydrogen-bond acceptors (Lipinski definition) is 8. The molecule has 0 aromatic carbocycles. The van der Waals surface area contributed by atoms with Gasteiger partial charge in [-0.3, -0.25) is 0 Å². The SMILES string of the molecule is C=CC/C=C\C(OCCCCCCCCCCCCN(CCN)CCN)=C(/C=C)OCCCCCCCCCCCCN(CCN)CCN. The van der Waals surface area contributed by atoms with Crippen LogP contribution in [0.1, 0.15) is 135 Å². The number of allylic oxidation sites excluding steroid dienone is 4. The first kappa shape index (κ1) is 47.3. The summed E-state index contributed by atoms with van der Waals surface area (Å²) in [6.45, 7) is 18.2. The second-order valence-corrected chi connectivity index (χ2v) is 13.5. The van der Waals surface area contributed by atoms with Crippen LogP contribution in [0.4, 0.5) is 0 Å². The molecule has 0 saturated heterocycles. The van der Waals surface area contributed by atoms with Crippen LogP contribution in [-0.2, 0) is 9.47 Å². The van der Waals surface area contributed by atoms with E-state index < -0.39 is 0 Å². The van der Waals surface area contributed by atoms with Gasteiger partial charge in [0.2, 0.25) is 0 Å². The maximum Gasteiger partial charge on any atom is 0.160 e. The number of rotatable bonds is 40. The van der Waals surface area contributed by atoms with Crippen LogP contribution in [0.15, 0.2) is 49.0 Å². The van der Waals surface area contributed by atoms with Gasteiger partial charge in [0.25, 0.3) is 0 Å². The molecule has 0 aromatic rings. The molecule has 0 bridgehead atoms. The number of hydrogen-bond donors (Lipinski definition) is 4. The van der Waals surface area contributed by atoms with Gasteiger partial charge in [0.15, 0.2) is 11.5 Å². The fraction of sp³-hybridized carbons (Fsp3) is 0.805. The molecule has 0 rings (SSSR count). The molecular formula is C41H82N6O2. The number of unbranched alkanes of at least 4 members (excludes halogenated alkanes) is 18. The van der Waals surface area contributed by atoms with Crippen molar-refractivity contribution in [3.05, 3.63) is 49.0 Å². The summed E-state index contributed by atoms with van der Waals surface area (Å²) >= 11 is 0. The maximum atomic E-state index is 6.20. The highest BCUT2D eigenvalue weighted by Crippen LogP contribution is 2.16. The van der Waals surface area contributed by atoms with E-state index >= 15 is 0 Å². The van der Waals surface area contributed by atoms with E-state index in [-0.39, 0.29) is 0 Å². The zero-order valence-electron chi connectivity index (χ0n) is 32.1. The van der Waals surface area contributed by atoms with E-state index in [0.717, 1.165) is 96.2 Å². The summed E-state index contributed by atoms with van der Waals surface area (Å²) in [5, 5.41) is 0. The third kappa shape index (κ3) is 32.0. The van der Waals surface area contributed by atoms with Crippen LogP contribution in [-0.4, -0.2) is 88.5 Å². The Morgan fingerprint density at radius 2 is 0.755 bits per heavy atom. The summed E-state index contributed by atoms with van der Waals surface area (Å²) in [6.07, 6.45) is 34.1. The van der Waals surface area contributed by atoms with Gasteiger partial charge in [0.1, 0.15) is 0 Å². The zero-order chi connectivity index (χ0) is 35.9. The molecule has 0 heterocycles. The average molecular weight is 691 g/mol. The Bertz CT molecular complexity index is 763. The Morgan fingerprint density at radius 1 is 0.429 bits per heavy atom. The van der Waals surface area contributed by atoms with E-state index in [2.05, 4.69) is 29.0 Å². The van der Waals surface area contributed by atoms with Crippen molar-refractivity contribution in [2.75, 3.05) is 78.7 Å². The van der Waals surface area contributed by atoms with E-state index in [9.17, 15) is 0 Å². The van der Waals surface area contributed by atoms with Crippen molar-refractivity contribution in [1.29, 1.82) is 0 Å². The molecule has 0 unspecified atom stereocenters. The van der Waals surface area contributed by atoms with Gasteiger partial charge < -0.3 is 42.2 Å². The van der Waals surface area contributed by atoms with Gasteiger partial charge in [0.05, 0.1) is 13.2 Å². The molecule has 8 nitrogen and oxygen atoms in total. The molecule has 0 fully saturated rings. The topological polar surface area (TPSA) is 129 Å². The predicted molar refractivity (Wildman–Crippen MR) is 215 cm³/mol. The summed E-state index contributed by atoms with van der Waals surface area (Å²) < 4.78 is 12.3. The van der Waals surface area contributed by atoms with Crippen LogP contribution >= 0.6 is 0 Å². The Balaban J connectivity index is 4.01. The molecule has 288 valence electrons. The molecule has 8 N–H and O–H groups in total. The van der Waals surface area contributed by atoms with Gasteiger partial charge in [-0.1, -0.05) is 121 Å². The first-order valence-electron chi connectivity index (χ1n) is 20.3. The van der Waals surface area contributed by atoms with Crippen molar-refractivity contribution in [3.8, 4) is 0 Å². The van der Waals surface area contributed by atoms with Gasteiger partial charge in [0, 0.05) is 52.4 Å². The van der Waals surface area contributed by atoms with Gasteiger partial charge in [-0.05, 0) is 57.3 Å². The third-order valence-corrected chi connectivity index (χ3v) is 9.03. The standard InChI is InChI=1S/C41H82N6O2/c1-3-5-22-27-41(49-39-26-21-17-13-9-7-11-15-19-24-33-47(36-30-44)37-31-45)40(4-2)48-38-25-20-16-12-8-6-10-14-18-23-32-46(34-28-42)35-29-43/h3-4,22,27H,1-2,5-21,23-26,28-39,42-45H2/b27-22-,41-40-. The molecule has 0 spiro atoms. The third-order valence-electron chi connectivity index (χ3n) is 9.03. The summed E-state index contributed by atoms with van der Waals surface area (Å²) in [5.74, 6) is 1.54. The number of nitrogens with two attached hydrogens (primary N) is 4. The lowest BCUT2D eigenvalue weighted by Gasteiger charge is -2.20. The predicted octanol–water partition coefficient (Wildman–Crippen LogP) is 7.79. The fourth-order valence-corrected chi connectivity index (χ4v) is 6.17. The molecule has 0 amide bonds. The van der Waals surface area contributed by atoms with E-state index in [1.807, 2.05) is 12.2 Å². The summed E-state index contributed by atoms with van der Waals surface area (Å²) in [4.78, 5) is 4.78. The van der Waals surface area contributed by atoms with Gasteiger partial charge in [-0.15, -0.1) is 6.58 Å². The van der Waals surface area contributed by atoms with Crippen molar-refractivity contribution in [1.82, 2.24) is 9.80 Å². The van der Waals surface area contributed by atoms with Crippen LogP contribution in [0, 0.1) is 0 Å². The van der Waals surface area contributed by atoms with Crippen molar-refractivity contribution in [3.63, 3.8) is 0 Å². The molecule has 0 aromatic heterocycles. The molecule has 0 saturated carbocycles. The molecule has 49 heavy (non-hydrogen) atoms. The van der Waals surface area contributed by atoms with Crippen LogP contribution in [0.2, 0.25) is 0 Å². The van der Waals surface area contributed by atoms with Gasteiger partial charge in [-0.25, -0.2) is 0 Å². The van der Waals surface area contributed by atoms with Crippen molar-refractivity contribution >= 4 is 0 Å². The minimum atomic E-state index is 0.704. The summed E-state index contributed by atoms with van der Waals surface area (Å²) in [6, 6.07) is 0. The van der Waals surface area contributed by atoms with E-state index in [0.29, 0.717) is 13.2 Å². The maximum absolute atomic E-state index is 6.20. The Hall–Kier alpha value is -1.68. The smallest absolute Gasteiger partial charge is 0.160 e. The molecule has 0 radical (unpaired) electrons. The van der Waals surface area contributed by atoms with Gasteiger partial charge >= 0.3 is 0 Å². The molecule has 8 heteroatoms. The molecule has 0 aliphatic heterocycles. The quantitative estimate of drug-likeness (QED) is 0.0222. The first-order chi connectivity index (χ1) is 24.2. The Kier molecular flexibility index (Phi) is 37.8. The van der Waals surface area contributed by atoms with Crippen LogP contribution in [0.25, 0.3) is 0 Å². The zero-order valence-corrected chi connectivity index (χ0v) is 32.1. The summed E-state index contributed by atoms with van der Waals surface area (Å²) in [7, 11) is 0.